The smallest absolute Gasteiger partial charge is 0.339 e. The maximum Gasteiger partial charge on any atom is 0.339 e. The van der Waals surface area contributed by atoms with Crippen LogP contribution in [0.1, 0.15) is 36.5 Å². The Hall–Kier alpha value is -2.04. The first-order valence-corrected chi connectivity index (χ1v) is 5.40. The fourth-order valence-corrected chi connectivity index (χ4v) is 1.35. The maximum atomic E-state index is 11.4. The second-order valence-corrected chi connectivity index (χ2v) is 3.69. The molecule has 0 saturated heterocycles. The van der Waals surface area contributed by atoms with Crippen LogP contribution in [0.15, 0.2) is 18.2 Å². The van der Waals surface area contributed by atoms with E-state index in [1.165, 1.54) is 18.2 Å². The number of benzene rings is 1. The highest BCUT2D eigenvalue weighted by molar-refractivity contribution is 5.94. The van der Waals surface area contributed by atoms with Gasteiger partial charge in [-0.2, -0.15) is 0 Å². The number of amides is 1. The Morgan fingerprint density at radius 1 is 1.35 bits per heavy atom. The lowest BCUT2D eigenvalue weighted by Gasteiger charge is -2.06. The lowest BCUT2D eigenvalue weighted by molar-refractivity contribution is -0.116. The van der Waals surface area contributed by atoms with Gasteiger partial charge in [0.05, 0.1) is 0 Å². The first kappa shape index (κ1) is 13.0. The van der Waals surface area contributed by atoms with E-state index < -0.39 is 5.97 Å². The quantitative estimate of drug-likeness (QED) is 0.732. The summed E-state index contributed by atoms with van der Waals surface area (Å²) in [7, 11) is 0. The van der Waals surface area contributed by atoms with Crippen LogP contribution in [0.3, 0.4) is 0 Å². The van der Waals surface area contributed by atoms with Crippen molar-refractivity contribution in [2.24, 2.45) is 0 Å². The summed E-state index contributed by atoms with van der Waals surface area (Å²) in [5.41, 5.74) is 0.213. The normalized spacial score (nSPS) is 9.94. The minimum atomic E-state index is -1.20. The van der Waals surface area contributed by atoms with Crippen molar-refractivity contribution in [1.29, 1.82) is 0 Å². The molecule has 3 N–H and O–H groups in total. The van der Waals surface area contributed by atoms with E-state index in [1.54, 1.807) is 0 Å². The number of aromatic carboxylic acids is 1. The van der Waals surface area contributed by atoms with Gasteiger partial charge in [0, 0.05) is 18.2 Å². The molecule has 0 aliphatic heterocycles. The predicted octanol–water partition coefficient (Wildman–Crippen LogP) is 2.22. The van der Waals surface area contributed by atoms with Crippen molar-refractivity contribution in [2.45, 2.75) is 26.2 Å². The molecule has 5 nitrogen and oxygen atoms in total. The minimum Gasteiger partial charge on any atom is -0.507 e. The number of nitrogens with one attached hydrogen (secondary N) is 1. The van der Waals surface area contributed by atoms with E-state index in [4.69, 9.17) is 5.11 Å². The van der Waals surface area contributed by atoms with Gasteiger partial charge in [-0.1, -0.05) is 13.3 Å². The van der Waals surface area contributed by atoms with Gasteiger partial charge in [-0.15, -0.1) is 0 Å². The van der Waals surface area contributed by atoms with Crippen LogP contribution in [0, 0.1) is 0 Å². The highest BCUT2D eigenvalue weighted by Crippen LogP contribution is 2.22. The van der Waals surface area contributed by atoms with Crippen molar-refractivity contribution in [3.8, 4) is 5.75 Å². The number of phenols is 1. The molecule has 0 fully saturated rings. The van der Waals surface area contributed by atoms with E-state index in [9.17, 15) is 14.7 Å². The maximum absolute atomic E-state index is 11.4. The lowest BCUT2D eigenvalue weighted by Crippen LogP contribution is -2.11. The van der Waals surface area contributed by atoms with Crippen molar-refractivity contribution < 1.29 is 19.8 Å². The van der Waals surface area contributed by atoms with E-state index in [0.29, 0.717) is 12.1 Å². The molecule has 0 radical (unpaired) electrons. The van der Waals surface area contributed by atoms with E-state index >= 15 is 0 Å². The highest BCUT2D eigenvalue weighted by Gasteiger charge is 2.10. The van der Waals surface area contributed by atoms with E-state index in [-0.39, 0.29) is 17.2 Å². The zero-order chi connectivity index (χ0) is 12.8. The van der Waals surface area contributed by atoms with Crippen LogP contribution in [0.25, 0.3) is 0 Å². The SMILES string of the molecule is CCCCC(=O)Nc1ccc(C(=O)O)c(O)c1. The Balaban J connectivity index is 2.70. The first-order chi connectivity index (χ1) is 8.04. The van der Waals surface area contributed by atoms with Gasteiger partial charge >= 0.3 is 5.97 Å². The summed E-state index contributed by atoms with van der Waals surface area (Å²) in [6, 6.07) is 3.94. The zero-order valence-corrected chi connectivity index (χ0v) is 9.56. The Labute approximate surface area is 99.1 Å². The average molecular weight is 237 g/mol. The molecule has 17 heavy (non-hydrogen) atoms. The number of hydrogen-bond donors (Lipinski definition) is 3. The van der Waals surface area contributed by atoms with Gasteiger partial charge in [0.2, 0.25) is 5.91 Å². The standard InChI is InChI=1S/C12H15NO4/c1-2-3-4-11(15)13-8-5-6-9(12(16)17)10(14)7-8/h5-7,14H,2-4H2,1H3,(H,13,15)(H,16,17). The number of aromatic hydroxyl groups is 1. The summed E-state index contributed by atoms with van der Waals surface area (Å²) < 4.78 is 0. The third-order valence-electron chi connectivity index (χ3n) is 2.27. The minimum absolute atomic E-state index is 0.144. The molecular weight excluding hydrogens is 222 g/mol. The van der Waals surface area contributed by atoms with Crippen molar-refractivity contribution >= 4 is 17.6 Å². The number of anilines is 1. The zero-order valence-electron chi connectivity index (χ0n) is 9.56. The van der Waals surface area contributed by atoms with Crippen LogP contribution in [-0.2, 0) is 4.79 Å². The molecule has 1 aromatic carbocycles. The Morgan fingerprint density at radius 3 is 2.59 bits per heavy atom. The molecule has 1 rings (SSSR count). The van der Waals surface area contributed by atoms with Gasteiger partial charge in [0.25, 0.3) is 0 Å². The number of carbonyl (C=O) groups excluding carboxylic acids is 1. The van der Waals surface area contributed by atoms with Gasteiger partial charge in [0.15, 0.2) is 0 Å². The molecule has 0 unspecified atom stereocenters. The molecule has 0 aliphatic carbocycles. The molecule has 0 aromatic heterocycles. The molecule has 0 saturated carbocycles. The van der Waals surface area contributed by atoms with Gasteiger partial charge < -0.3 is 15.5 Å². The van der Waals surface area contributed by atoms with Crippen molar-refractivity contribution in [3.63, 3.8) is 0 Å². The number of unbranched alkanes of at least 4 members (excludes halogenated alkanes) is 1. The summed E-state index contributed by atoms with van der Waals surface area (Å²) in [6.45, 7) is 1.99. The molecule has 1 aromatic rings. The largest absolute Gasteiger partial charge is 0.507 e. The van der Waals surface area contributed by atoms with Gasteiger partial charge in [-0.25, -0.2) is 4.79 Å². The highest BCUT2D eigenvalue weighted by atomic mass is 16.4. The summed E-state index contributed by atoms with van der Waals surface area (Å²) in [6.07, 6.45) is 2.14. The second-order valence-electron chi connectivity index (χ2n) is 3.69. The second kappa shape index (κ2) is 5.89. The first-order valence-electron chi connectivity index (χ1n) is 5.40. The van der Waals surface area contributed by atoms with Gasteiger partial charge in [0.1, 0.15) is 11.3 Å². The molecular formula is C12H15NO4. The predicted molar refractivity (Wildman–Crippen MR) is 63.2 cm³/mol. The molecule has 1 amide bonds. The fourth-order valence-electron chi connectivity index (χ4n) is 1.35. The molecule has 0 spiro atoms. The Morgan fingerprint density at radius 2 is 2.06 bits per heavy atom. The molecule has 0 aliphatic rings. The van der Waals surface area contributed by atoms with Crippen LogP contribution >= 0.6 is 0 Å². The van der Waals surface area contributed by atoms with Crippen molar-refractivity contribution in [2.75, 3.05) is 5.32 Å². The van der Waals surface area contributed by atoms with Crippen LogP contribution < -0.4 is 5.32 Å². The summed E-state index contributed by atoms with van der Waals surface area (Å²) in [5.74, 6) is -1.70. The monoisotopic (exact) mass is 237 g/mol. The number of carboxylic acid groups (broad SMARTS) is 1. The molecule has 92 valence electrons. The Kier molecular flexibility index (Phi) is 4.51. The molecule has 0 heterocycles. The number of carbonyl (C=O) groups is 2. The van der Waals surface area contributed by atoms with Crippen molar-refractivity contribution in [1.82, 2.24) is 0 Å². The molecule has 5 heteroatoms. The third kappa shape index (κ3) is 3.79. The topological polar surface area (TPSA) is 86.6 Å². The number of rotatable bonds is 5. The van der Waals surface area contributed by atoms with Crippen LogP contribution in [0.5, 0.6) is 5.75 Å². The van der Waals surface area contributed by atoms with Crippen LogP contribution in [-0.4, -0.2) is 22.1 Å². The summed E-state index contributed by atoms with van der Waals surface area (Å²) in [5, 5.41) is 20.7. The Bertz CT molecular complexity index is 429. The van der Waals surface area contributed by atoms with E-state index in [1.807, 2.05) is 6.92 Å². The summed E-state index contributed by atoms with van der Waals surface area (Å²) in [4.78, 5) is 22.0. The van der Waals surface area contributed by atoms with Gasteiger partial charge in [-0.05, 0) is 18.6 Å². The van der Waals surface area contributed by atoms with E-state index in [0.717, 1.165) is 12.8 Å². The van der Waals surface area contributed by atoms with Crippen LogP contribution in [0.4, 0.5) is 5.69 Å². The van der Waals surface area contributed by atoms with Crippen LogP contribution in [0.2, 0.25) is 0 Å². The average Bonchev–Trinajstić information content (AvgIpc) is 2.26. The number of hydrogen-bond acceptors (Lipinski definition) is 3. The van der Waals surface area contributed by atoms with Crippen molar-refractivity contribution in [3.05, 3.63) is 23.8 Å². The van der Waals surface area contributed by atoms with Gasteiger partial charge in [-0.3, -0.25) is 4.79 Å². The lowest BCUT2D eigenvalue weighted by atomic mass is 10.1. The molecule has 0 bridgehead atoms. The summed E-state index contributed by atoms with van der Waals surface area (Å²) >= 11 is 0. The fraction of sp³-hybridized carbons (Fsp3) is 0.333. The third-order valence-corrected chi connectivity index (χ3v) is 2.27. The number of carboxylic acids is 1. The molecule has 0 atom stereocenters. The van der Waals surface area contributed by atoms with E-state index in [2.05, 4.69) is 5.32 Å².